The molecule has 3 rings (SSSR count). The highest BCUT2D eigenvalue weighted by Gasteiger charge is 2.24. The lowest BCUT2D eigenvalue weighted by molar-refractivity contribution is -0.132. The second kappa shape index (κ2) is 7.92. The first kappa shape index (κ1) is 17.1. The molecular weight excluding hydrogens is 314 g/mol. The lowest BCUT2D eigenvalue weighted by atomic mass is 10.1. The minimum atomic E-state index is 0.00848. The monoisotopic (exact) mass is 337 g/mol. The Bertz CT molecular complexity index is 720. The molecule has 0 spiro atoms. The molecule has 0 radical (unpaired) electrons. The Morgan fingerprint density at radius 1 is 0.920 bits per heavy atom. The standard InChI is InChI=1S/C20H23N3O2/c1-16-2-4-17(5-3-16)6-7-19(24)22-12-14-23(15-13-22)20(25)18-8-10-21-11-9-18/h2-5,8-11H,6-7,12-15H2,1H3. The first-order valence-electron chi connectivity index (χ1n) is 8.66. The summed E-state index contributed by atoms with van der Waals surface area (Å²) in [4.78, 5) is 32.4. The Kier molecular flexibility index (Phi) is 5.43. The third-order valence-corrected chi connectivity index (χ3v) is 4.60. The zero-order valence-corrected chi connectivity index (χ0v) is 14.5. The van der Waals surface area contributed by atoms with E-state index in [9.17, 15) is 9.59 Å². The Morgan fingerprint density at radius 2 is 1.52 bits per heavy atom. The molecule has 1 fully saturated rings. The molecule has 1 saturated heterocycles. The number of hydrogen-bond donors (Lipinski definition) is 0. The third kappa shape index (κ3) is 4.44. The molecule has 1 aromatic carbocycles. The van der Waals surface area contributed by atoms with Crippen LogP contribution in [0.25, 0.3) is 0 Å². The van der Waals surface area contributed by atoms with Crippen LogP contribution in [0.1, 0.15) is 27.9 Å². The maximum Gasteiger partial charge on any atom is 0.254 e. The van der Waals surface area contributed by atoms with Crippen molar-refractivity contribution in [3.8, 4) is 0 Å². The number of benzene rings is 1. The molecule has 0 saturated carbocycles. The summed E-state index contributed by atoms with van der Waals surface area (Å²) in [5.74, 6) is 0.172. The van der Waals surface area contributed by atoms with Gasteiger partial charge in [-0.3, -0.25) is 14.6 Å². The predicted octanol–water partition coefficient (Wildman–Crippen LogP) is 2.31. The van der Waals surface area contributed by atoms with Gasteiger partial charge >= 0.3 is 0 Å². The Balaban J connectivity index is 1.47. The number of aryl methyl sites for hydroxylation is 2. The van der Waals surface area contributed by atoms with Crippen molar-refractivity contribution in [1.82, 2.24) is 14.8 Å². The maximum atomic E-state index is 12.4. The van der Waals surface area contributed by atoms with Gasteiger partial charge in [-0.05, 0) is 31.0 Å². The smallest absolute Gasteiger partial charge is 0.254 e. The van der Waals surface area contributed by atoms with Crippen LogP contribution in [0.15, 0.2) is 48.8 Å². The highest BCUT2D eigenvalue weighted by atomic mass is 16.2. The van der Waals surface area contributed by atoms with Crippen molar-refractivity contribution in [2.24, 2.45) is 0 Å². The van der Waals surface area contributed by atoms with Crippen LogP contribution < -0.4 is 0 Å². The molecule has 0 atom stereocenters. The molecule has 1 aliphatic heterocycles. The van der Waals surface area contributed by atoms with E-state index in [1.54, 1.807) is 29.4 Å². The van der Waals surface area contributed by atoms with Gasteiger partial charge in [0.15, 0.2) is 0 Å². The fourth-order valence-electron chi connectivity index (χ4n) is 3.00. The summed E-state index contributed by atoms with van der Waals surface area (Å²) in [5.41, 5.74) is 3.06. The average Bonchev–Trinajstić information content (AvgIpc) is 2.67. The highest BCUT2D eigenvalue weighted by Crippen LogP contribution is 2.11. The molecule has 5 nitrogen and oxygen atoms in total. The number of carbonyl (C=O) groups is 2. The van der Waals surface area contributed by atoms with Gasteiger partial charge in [0.2, 0.25) is 5.91 Å². The molecule has 0 aliphatic carbocycles. The van der Waals surface area contributed by atoms with Crippen LogP contribution in [0.5, 0.6) is 0 Å². The van der Waals surface area contributed by atoms with Gasteiger partial charge in [-0.1, -0.05) is 29.8 Å². The Labute approximate surface area is 148 Å². The van der Waals surface area contributed by atoms with E-state index in [2.05, 4.69) is 36.2 Å². The molecule has 2 aromatic rings. The van der Waals surface area contributed by atoms with Gasteiger partial charge in [-0.25, -0.2) is 0 Å². The van der Waals surface area contributed by atoms with Crippen LogP contribution in [0, 0.1) is 6.92 Å². The van der Waals surface area contributed by atoms with E-state index in [-0.39, 0.29) is 11.8 Å². The second-order valence-electron chi connectivity index (χ2n) is 6.39. The fraction of sp³-hybridized carbons (Fsp3) is 0.350. The zero-order valence-electron chi connectivity index (χ0n) is 14.5. The van der Waals surface area contributed by atoms with Crippen LogP contribution in [0.2, 0.25) is 0 Å². The van der Waals surface area contributed by atoms with E-state index >= 15 is 0 Å². The van der Waals surface area contributed by atoms with E-state index < -0.39 is 0 Å². The van der Waals surface area contributed by atoms with E-state index in [4.69, 9.17) is 0 Å². The van der Waals surface area contributed by atoms with Crippen molar-refractivity contribution in [2.75, 3.05) is 26.2 Å². The average molecular weight is 337 g/mol. The van der Waals surface area contributed by atoms with E-state index in [1.807, 2.05) is 4.90 Å². The molecule has 1 aromatic heterocycles. The summed E-state index contributed by atoms with van der Waals surface area (Å²) >= 11 is 0. The SMILES string of the molecule is Cc1ccc(CCC(=O)N2CCN(C(=O)c3ccncc3)CC2)cc1. The van der Waals surface area contributed by atoms with Crippen LogP contribution in [0.4, 0.5) is 0 Å². The van der Waals surface area contributed by atoms with Crippen LogP contribution in [-0.4, -0.2) is 52.8 Å². The molecule has 2 heterocycles. The van der Waals surface area contributed by atoms with Crippen molar-refractivity contribution in [2.45, 2.75) is 19.8 Å². The highest BCUT2D eigenvalue weighted by molar-refractivity contribution is 5.94. The number of piperazine rings is 1. The summed E-state index contributed by atoms with van der Waals surface area (Å²) in [5, 5.41) is 0. The molecular formula is C20H23N3O2. The van der Waals surface area contributed by atoms with Crippen molar-refractivity contribution in [3.63, 3.8) is 0 Å². The largest absolute Gasteiger partial charge is 0.339 e. The van der Waals surface area contributed by atoms with Crippen LogP contribution in [-0.2, 0) is 11.2 Å². The van der Waals surface area contributed by atoms with Crippen LogP contribution in [0.3, 0.4) is 0 Å². The summed E-state index contributed by atoms with van der Waals surface area (Å²) in [6, 6.07) is 11.7. The minimum absolute atomic E-state index is 0.00848. The van der Waals surface area contributed by atoms with Crippen LogP contribution >= 0.6 is 0 Å². The summed E-state index contributed by atoms with van der Waals surface area (Å²) in [7, 11) is 0. The van der Waals surface area contributed by atoms with Gasteiger partial charge in [0.25, 0.3) is 5.91 Å². The summed E-state index contributed by atoms with van der Waals surface area (Å²) in [6.07, 6.45) is 4.52. The first-order valence-corrected chi connectivity index (χ1v) is 8.66. The minimum Gasteiger partial charge on any atom is -0.339 e. The van der Waals surface area contributed by atoms with Gasteiger partial charge in [0, 0.05) is 50.6 Å². The maximum absolute atomic E-state index is 12.4. The first-order chi connectivity index (χ1) is 12.1. The number of aromatic nitrogens is 1. The molecule has 2 amide bonds. The third-order valence-electron chi connectivity index (χ3n) is 4.60. The van der Waals surface area contributed by atoms with Gasteiger partial charge in [-0.15, -0.1) is 0 Å². The number of carbonyl (C=O) groups excluding carboxylic acids is 2. The lowest BCUT2D eigenvalue weighted by Gasteiger charge is -2.35. The van der Waals surface area contributed by atoms with Gasteiger partial charge in [-0.2, -0.15) is 0 Å². The summed E-state index contributed by atoms with van der Waals surface area (Å²) in [6.45, 7) is 4.42. The molecule has 0 unspecified atom stereocenters. The van der Waals surface area contributed by atoms with Gasteiger partial charge < -0.3 is 9.80 Å². The van der Waals surface area contributed by atoms with E-state index in [0.717, 1.165) is 6.42 Å². The number of hydrogen-bond acceptors (Lipinski definition) is 3. The van der Waals surface area contributed by atoms with Crippen molar-refractivity contribution in [3.05, 3.63) is 65.5 Å². The number of rotatable bonds is 4. The molecule has 1 aliphatic rings. The number of pyridine rings is 1. The van der Waals surface area contributed by atoms with Crippen molar-refractivity contribution < 1.29 is 9.59 Å². The fourth-order valence-corrected chi connectivity index (χ4v) is 3.00. The van der Waals surface area contributed by atoms with Gasteiger partial charge in [0.1, 0.15) is 0 Å². The zero-order chi connectivity index (χ0) is 17.6. The second-order valence-corrected chi connectivity index (χ2v) is 6.39. The Morgan fingerprint density at radius 3 is 2.16 bits per heavy atom. The molecule has 130 valence electrons. The summed E-state index contributed by atoms with van der Waals surface area (Å²) < 4.78 is 0. The molecule has 0 N–H and O–H groups in total. The van der Waals surface area contributed by atoms with Crippen molar-refractivity contribution >= 4 is 11.8 Å². The topological polar surface area (TPSA) is 53.5 Å². The quantitative estimate of drug-likeness (QED) is 0.860. The Hall–Kier alpha value is -2.69. The van der Waals surface area contributed by atoms with Gasteiger partial charge in [0.05, 0.1) is 0 Å². The van der Waals surface area contributed by atoms with E-state index in [0.29, 0.717) is 38.2 Å². The normalized spacial score (nSPS) is 14.4. The molecule has 25 heavy (non-hydrogen) atoms. The van der Waals surface area contributed by atoms with E-state index in [1.165, 1.54) is 11.1 Å². The molecule has 0 bridgehead atoms. The van der Waals surface area contributed by atoms with Crippen molar-refractivity contribution in [1.29, 1.82) is 0 Å². The number of nitrogens with zero attached hydrogens (tertiary/aromatic N) is 3. The number of amides is 2. The lowest BCUT2D eigenvalue weighted by Crippen LogP contribution is -2.50. The predicted molar refractivity (Wildman–Crippen MR) is 96.2 cm³/mol. The molecule has 5 heteroatoms.